The van der Waals surface area contributed by atoms with Crippen molar-refractivity contribution in [3.63, 3.8) is 0 Å². The average Bonchev–Trinajstić information content (AvgIpc) is 3.01. The molecule has 2 aromatic heterocycles. The minimum Gasteiger partial charge on any atom is -0.373 e. The van der Waals surface area contributed by atoms with Gasteiger partial charge in [0.15, 0.2) is 5.65 Å². The number of aromatic nitrogens is 3. The molecule has 0 bridgehead atoms. The van der Waals surface area contributed by atoms with Crippen molar-refractivity contribution < 1.29 is 0 Å². The van der Waals surface area contributed by atoms with Crippen LogP contribution < -0.4 is 15.5 Å². The zero-order valence-corrected chi connectivity index (χ0v) is 18.2. The van der Waals surface area contributed by atoms with Gasteiger partial charge in [-0.25, -0.2) is 14.5 Å². The Labute approximate surface area is 168 Å². The lowest BCUT2D eigenvalue weighted by Gasteiger charge is -2.25. The van der Waals surface area contributed by atoms with Crippen molar-refractivity contribution in [2.24, 2.45) is 10.9 Å². The van der Waals surface area contributed by atoms with E-state index in [0.717, 1.165) is 61.1 Å². The molecule has 0 saturated heterocycles. The van der Waals surface area contributed by atoms with E-state index >= 15 is 0 Å². The van der Waals surface area contributed by atoms with Gasteiger partial charge in [0.1, 0.15) is 11.6 Å². The van der Waals surface area contributed by atoms with Gasteiger partial charge in [-0.3, -0.25) is 0 Å². The molecule has 2 aromatic rings. The van der Waals surface area contributed by atoms with Crippen LogP contribution in [0.3, 0.4) is 0 Å². The SMILES string of the molecule is C/C=N\C(=C/Cc1c(C)nc2ccc(N(CC)CC(C)CCNC)nn12)NC. The fourth-order valence-corrected chi connectivity index (χ4v) is 3.28. The third-order valence-corrected chi connectivity index (χ3v) is 4.89. The van der Waals surface area contributed by atoms with Gasteiger partial charge in [0.25, 0.3) is 0 Å². The molecule has 0 spiro atoms. The third kappa shape index (κ3) is 5.55. The van der Waals surface area contributed by atoms with Crippen molar-refractivity contribution in [1.29, 1.82) is 0 Å². The van der Waals surface area contributed by atoms with E-state index in [0.29, 0.717) is 5.92 Å². The van der Waals surface area contributed by atoms with Gasteiger partial charge < -0.3 is 15.5 Å². The average molecular weight is 386 g/mol. The van der Waals surface area contributed by atoms with Gasteiger partial charge in [0.2, 0.25) is 0 Å². The predicted octanol–water partition coefficient (Wildman–Crippen LogP) is 2.80. The number of hydrogen-bond donors (Lipinski definition) is 2. The van der Waals surface area contributed by atoms with E-state index in [1.54, 1.807) is 6.21 Å². The molecule has 0 aliphatic rings. The molecule has 7 nitrogen and oxygen atoms in total. The summed E-state index contributed by atoms with van der Waals surface area (Å²) >= 11 is 0. The lowest BCUT2D eigenvalue weighted by Crippen LogP contribution is -2.30. The monoisotopic (exact) mass is 385 g/mol. The summed E-state index contributed by atoms with van der Waals surface area (Å²) in [4.78, 5) is 11.3. The molecule has 0 fully saturated rings. The van der Waals surface area contributed by atoms with Crippen LogP contribution in [0.4, 0.5) is 5.82 Å². The standard InChI is InChI=1S/C21H35N7/c1-7-24-19(23-6)10-9-18-17(4)25-20-11-12-21(26-28(18)20)27(8-2)15-16(3)13-14-22-5/h7,10-12,16,22-23H,8-9,13-15H2,1-6H3/b19-10-,24-7-. The van der Waals surface area contributed by atoms with Gasteiger partial charge in [-0.15, -0.1) is 5.10 Å². The van der Waals surface area contributed by atoms with Crippen LogP contribution in [0.15, 0.2) is 29.0 Å². The Kier molecular flexibility index (Phi) is 8.44. The van der Waals surface area contributed by atoms with Gasteiger partial charge in [-0.05, 0) is 64.9 Å². The number of aryl methyl sites for hydroxylation is 1. The van der Waals surface area contributed by atoms with Crippen molar-refractivity contribution in [2.75, 3.05) is 38.6 Å². The van der Waals surface area contributed by atoms with E-state index in [9.17, 15) is 0 Å². The molecule has 0 aliphatic heterocycles. The van der Waals surface area contributed by atoms with Crippen molar-refractivity contribution in [2.45, 2.75) is 40.5 Å². The number of fused-ring (bicyclic) bond motifs is 1. The minimum absolute atomic E-state index is 0.599. The van der Waals surface area contributed by atoms with Crippen LogP contribution in [-0.4, -0.2) is 54.5 Å². The normalized spacial score (nSPS) is 13.4. The Hall–Kier alpha value is -2.41. The third-order valence-electron chi connectivity index (χ3n) is 4.89. The van der Waals surface area contributed by atoms with Crippen molar-refractivity contribution in [3.05, 3.63) is 35.4 Å². The van der Waals surface area contributed by atoms with Crippen molar-refractivity contribution in [1.82, 2.24) is 25.2 Å². The molecule has 0 aromatic carbocycles. The summed E-state index contributed by atoms with van der Waals surface area (Å²) in [6.45, 7) is 11.4. The van der Waals surface area contributed by atoms with Gasteiger partial charge in [-0.1, -0.05) is 6.92 Å². The van der Waals surface area contributed by atoms with Crippen molar-refractivity contribution in [3.8, 4) is 0 Å². The molecule has 154 valence electrons. The Morgan fingerprint density at radius 2 is 2.14 bits per heavy atom. The molecular formula is C21H35N7. The fraction of sp³-hybridized carbons (Fsp3) is 0.571. The molecule has 2 rings (SSSR count). The molecule has 0 amide bonds. The largest absolute Gasteiger partial charge is 0.373 e. The Morgan fingerprint density at radius 3 is 2.79 bits per heavy atom. The Balaban J connectivity index is 2.29. The molecule has 1 atom stereocenters. The predicted molar refractivity (Wildman–Crippen MR) is 118 cm³/mol. The van der Waals surface area contributed by atoms with E-state index in [4.69, 9.17) is 5.10 Å². The number of hydrogen-bond acceptors (Lipinski definition) is 6. The molecule has 1 unspecified atom stereocenters. The highest BCUT2D eigenvalue weighted by Gasteiger charge is 2.14. The summed E-state index contributed by atoms with van der Waals surface area (Å²) in [5.41, 5.74) is 2.98. The Morgan fingerprint density at radius 1 is 1.36 bits per heavy atom. The molecule has 2 heterocycles. The molecule has 0 radical (unpaired) electrons. The first kappa shape index (κ1) is 21.9. The summed E-state index contributed by atoms with van der Waals surface area (Å²) < 4.78 is 1.98. The molecule has 0 aliphatic carbocycles. The van der Waals surface area contributed by atoms with Crippen LogP contribution in [0.2, 0.25) is 0 Å². The molecule has 0 saturated carbocycles. The maximum absolute atomic E-state index is 4.93. The summed E-state index contributed by atoms with van der Waals surface area (Å²) in [6.07, 6.45) is 5.73. The number of nitrogens with zero attached hydrogens (tertiary/aromatic N) is 5. The lowest BCUT2D eigenvalue weighted by atomic mass is 10.1. The zero-order valence-electron chi connectivity index (χ0n) is 18.2. The second kappa shape index (κ2) is 10.8. The maximum atomic E-state index is 4.93. The second-order valence-electron chi connectivity index (χ2n) is 7.07. The molecule has 2 N–H and O–H groups in total. The number of rotatable bonds is 11. The number of imidazole rings is 1. The van der Waals surface area contributed by atoms with E-state index in [1.807, 2.05) is 32.5 Å². The Bertz CT molecular complexity index is 806. The van der Waals surface area contributed by atoms with E-state index in [2.05, 4.69) is 57.6 Å². The minimum atomic E-state index is 0.599. The first-order valence-corrected chi connectivity index (χ1v) is 10.1. The smallest absolute Gasteiger partial charge is 0.154 e. The van der Waals surface area contributed by atoms with Crippen molar-refractivity contribution >= 4 is 17.7 Å². The highest BCUT2D eigenvalue weighted by Crippen LogP contribution is 2.18. The number of allylic oxidation sites excluding steroid dienone is 1. The lowest BCUT2D eigenvalue weighted by molar-refractivity contribution is 0.506. The molecule has 7 heteroatoms. The maximum Gasteiger partial charge on any atom is 0.154 e. The van der Waals surface area contributed by atoms with Crippen LogP contribution in [-0.2, 0) is 6.42 Å². The second-order valence-corrected chi connectivity index (χ2v) is 7.07. The van der Waals surface area contributed by atoms with Crippen LogP contribution >= 0.6 is 0 Å². The summed E-state index contributed by atoms with van der Waals surface area (Å²) in [5, 5.41) is 11.3. The summed E-state index contributed by atoms with van der Waals surface area (Å²) in [6, 6.07) is 4.14. The van der Waals surface area contributed by atoms with Gasteiger partial charge >= 0.3 is 0 Å². The number of nitrogens with one attached hydrogen (secondary N) is 2. The van der Waals surface area contributed by atoms with E-state index in [-0.39, 0.29) is 0 Å². The van der Waals surface area contributed by atoms with Crippen LogP contribution in [0, 0.1) is 12.8 Å². The molecule has 28 heavy (non-hydrogen) atoms. The summed E-state index contributed by atoms with van der Waals surface area (Å²) in [7, 11) is 3.88. The first-order valence-electron chi connectivity index (χ1n) is 10.1. The van der Waals surface area contributed by atoms with Gasteiger partial charge in [-0.2, -0.15) is 0 Å². The van der Waals surface area contributed by atoms with Gasteiger partial charge in [0.05, 0.1) is 11.4 Å². The highest BCUT2D eigenvalue weighted by molar-refractivity contribution is 5.55. The van der Waals surface area contributed by atoms with E-state index in [1.165, 1.54) is 0 Å². The van der Waals surface area contributed by atoms with E-state index < -0.39 is 0 Å². The number of aliphatic imine (C=N–C) groups is 1. The zero-order chi connectivity index (χ0) is 20.5. The van der Waals surface area contributed by atoms with Gasteiger partial charge in [0, 0.05) is 32.8 Å². The number of anilines is 1. The first-order chi connectivity index (χ1) is 13.5. The van der Waals surface area contributed by atoms with Crippen LogP contribution in [0.25, 0.3) is 5.65 Å². The highest BCUT2D eigenvalue weighted by atomic mass is 15.3. The van der Waals surface area contributed by atoms with Crippen LogP contribution in [0.1, 0.15) is 38.6 Å². The summed E-state index contributed by atoms with van der Waals surface area (Å²) in [5.74, 6) is 2.44. The van der Waals surface area contributed by atoms with Crippen LogP contribution in [0.5, 0.6) is 0 Å². The topological polar surface area (TPSA) is 69.9 Å². The quantitative estimate of drug-likeness (QED) is 0.582. The molecular weight excluding hydrogens is 350 g/mol. The fourth-order valence-electron chi connectivity index (χ4n) is 3.28.